The van der Waals surface area contributed by atoms with E-state index < -0.39 is 27.7 Å². The third kappa shape index (κ3) is 5.77. The maximum absolute atomic E-state index is 12.8. The number of aromatic nitrogens is 1. The molecular weight excluding hydrogens is 490 g/mol. The van der Waals surface area contributed by atoms with Crippen molar-refractivity contribution in [2.75, 3.05) is 5.32 Å². The van der Waals surface area contributed by atoms with Crippen molar-refractivity contribution in [2.45, 2.75) is 17.5 Å². The number of hydrogen-bond acceptors (Lipinski definition) is 4. The lowest BCUT2D eigenvalue weighted by molar-refractivity contribution is -0.137. The molecule has 0 spiro atoms. The van der Waals surface area contributed by atoms with Gasteiger partial charge in [-0.2, -0.15) is 13.2 Å². The quantitative estimate of drug-likeness (QED) is 0.483. The maximum Gasteiger partial charge on any atom is 0.416 e. The Morgan fingerprint density at radius 3 is 2.34 bits per heavy atom. The number of primary sulfonamides is 1. The summed E-state index contributed by atoms with van der Waals surface area (Å²) in [5, 5.41) is 7.81. The molecule has 2 aromatic carbocycles. The fourth-order valence-corrected chi connectivity index (χ4v) is 4.00. The first-order valence-electron chi connectivity index (χ1n) is 8.79. The second-order valence-corrected chi connectivity index (χ2v) is 8.98. The van der Waals surface area contributed by atoms with E-state index in [1.165, 1.54) is 30.5 Å². The average Bonchev–Trinajstić information content (AvgIpc) is 2.69. The Morgan fingerprint density at radius 1 is 1.06 bits per heavy atom. The van der Waals surface area contributed by atoms with Gasteiger partial charge in [0.15, 0.2) is 0 Å². The second kappa shape index (κ2) is 9.07. The molecule has 1 amide bonds. The predicted octanol–water partition coefficient (Wildman–Crippen LogP) is 4.90. The summed E-state index contributed by atoms with van der Waals surface area (Å²) >= 11 is 11.6. The minimum absolute atomic E-state index is 0.118. The number of pyridine rings is 1. The van der Waals surface area contributed by atoms with Gasteiger partial charge >= 0.3 is 6.18 Å². The number of nitrogens with one attached hydrogen (secondary N) is 1. The molecule has 32 heavy (non-hydrogen) atoms. The Labute approximate surface area is 191 Å². The predicted molar refractivity (Wildman–Crippen MR) is 115 cm³/mol. The molecule has 0 aliphatic carbocycles. The molecule has 0 bridgehead atoms. The van der Waals surface area contributed by atoms with Gasteiger partial charge in [-0.25, -0.2) is 18.5 Å². The lowest BCUT2D eigenvalue weighted by atomic mass is 10.1. The summed E-state index contributed by atoms with van der Waals surface area (Å²) < 4.78 is 62.4. The van der Waals surface area contributed by atoms with Crippen molar-refractivity contribution in [3.63, 3.8) is 0 Å². The number of sulfonamides is 1. The van der Waals surface area contributed by atoms with Crippen molar-refractivity contribution < 1.29 is 26.4 Å². The molecule has 3 aromatic rings. The summed E-state index contributed by atoms with van der Waals surface area (Å²) in [4.78, 5) is 16.0. The summed E-state index contributed by atoms with van der Waals surface area (Å²) in [5.41, 5.74) is 0.0467. The minimum atomic E-state index is -4.56. The highest BCUT2D eigenvalue weighted by molar-refractivity contribution is 7.89. The molecule has 0 saturated heterocycles. The van der Waals surface area contributed by atoms with Gasteiger partial charge in [-0.3, -0.25) is 4.79 Å². The van der Waals surface area contributed by atoms with Crippen molar-refractivity contribution >= 4 is 44.8 Å². The van der Waals surface area contributed by atoms with Crippen LogP contribution in [-0.2, 0) is 27.4 Å². The molecular formula is C20H14Cl2F3N3O3S. The molecule has 3 rings (SSSR count). The van der Waals surface area contributed by atoms with Crippen molar-refractivity contribution in [1.29, 1.82) is 0 Å². The number of anilines is 1. The van der Waals surface area contributed by atoms with Crippen molar-refractivity contribution in [2.24, 2.45) is 5.14 Å². The third-order valence-corrected chi connectivity index (χ3v) is 5.87. The van der Waals surface area contributed by atoms with Gasteiger partial charge in [-0.1, -0.05) is 35.3 Å². The number of nitrogens with two attached hydrogens (primary N) is 1. The van der Waals surface area contributed by atoms with Crippen molar-refractivity contribution in [1.82, 2.24) is 4.98 Å². The topological polar surface area (TPSA) is 102 Å². The van der Waals surface area contributed by atoms with E-state index in [9.17, 15) is 26.4 Å². The highest BCUT2D eigenvalue weighted by Crippen LogP contribution is 2.33. The molecule has 0 saturated carbocycles. The number of nitrogens with zero attached hydrogens (tertiary/aromatic N) is 1. The highest BCUT2D eigenvalue weighted by atomic mass is 35.5. The van der Waals surface area contributed by atoms with Crippen LogP contribution in [0.5, 0.6) is 0 Å². The van der Waals surface area contributed by atoms with Gasteiger partial charge in [0, 0.05) is 28.0 Å². The standard InChI is InChI=1S/C20H14Cl2F3N3O3S/c21-16-8-13(20(23,24)25)3-1-11(16)7-19(29)28-14-4-5-15(17(9-14)32(26,30)31)12-2-6-18(22)27-10-12/h1-6,8-10H,7H2,(H,28,29)(H2,26,30,31). The first-order chi connectivity index (χ1) is 14.8. The lowest BCUT2D eigenvalue weighted by Crippen LogP contribution is -2.17. The zero-order valence-corrected chi connectivity index (χ0v) is 18.3. The first kappa shape index (κ1) is 24.0. The Hall–Kier alpha value is -2.66. The number of rotatable bonds is 5. The SMILES string of the molecule is NS(=O)(=O)c1cc(NC(=O)Cc2ccc(C(F)(F)F)cc2Cl)ccc1-c1ccc(Cl)nc1. The van der Waals surface area contributed by atoms with Crippen LogP contribution in [0.4, 0.5) is 18.9 Å². The molecule has 1 aromatic heterocycles. The van der Waals surface area contributed by atoms with E-state index in [1.54, 1.807) is 6.07 Å². The maximum atomic E-state index is 12.8. The minimum Gasteiger partial charge on any atom is -0.326 e. The molecule has 0 radical (unpaired) electrons. The van der Waals surface area contributed by atoms with Crippen molar-refractivity contribution in [3.8, 4) is 11.1 Å². The van der Waals surface area contributed by atoms with Crippen LogP contribution >= 0.6 is 23.2 Å². The number of amides is 1. The van der Waals surface area contributed by atoms with Crippen LogP contribution < -0.4 is 10.5 Å². The van der Waals surface area contributed by atoms with Gasteiger partial charge in [0.25, 0.3) is 0 Å². The van der Waals surface area contributed by atoms with E-state index in [0.29, 0.717) is 5.56 Å². The molecule has 0 aliphatic heterocycles. The van der Waals surface area contributed by atoms with Crippen LogP contribution in [0.1, 0.15) is 11.1 Å². The molecule has 0 atom stereocenters. The summed E-state index contributed by atoms with van der Waals surface area (Å²) in [6.07, 6.45) is -3.52. The lowest BCUT2D eigenvalue weighted by Gasteiger charge is -2.13. The summed E-state index contributed by atoms with van der Waals surface area (Å²) in [6.45, 7) is 0. The smallest absolute Gasteiger partial charge is 0.326 e. The summed E-state index contributed by atoms with van der Waals surface area (Å²) in [6, 6.07) is 9.76. The number of benzene rings is 2. The van der Waals surface area contributed by atoms with Gasteiger partial charge in [0.05, 0.1) is 16.9 Å². The van der Waals surface area contributed by atoms with Gasteiger partial charge in [0.2, 0.25) is 15.9 Å². The summed E-state index contributed by atoms with van der Waals surface area (Å²) in [5.74, 6) is -0.618. The molecule has 3 N–H and O–H groups in total. The molecule has 168 valence electrons. The zero-order chi connectivity index (χ0) is 23.7. The van der Waals surface area contributed by atoms with Gasteiger partial charge in [-0.15, -0.1) is 0 Å². The molecule has 0 aliphatic rings. The average molecular weight is 504 g/mol. The van der Waals surface area contributed by atoms with E-state index in [4.69, 9.17) is 28.3 Å². The number of hydrogen-bond donors (Lipinski definition) is 2. The Morgan fingerprint density at radius 2 is 1.78 bits per heavy atom. The van der Waals surface area contributed by atoms with E-state index in [2.05, 4.69) is 10.3 Å². The fraction of sp³-hybridized carbons (Fsp3) is 0.100. The summed E-state index contributed by atoms with van der Waals surface area (Å²) in [7, 11) is -4.17. The number of alkyl halides is 3. The molecule has 0 fully saturated rings. The van der Waals surface area contributed by atoms with E-state index in [-0.39, 0.29) is 38.3 Å². The second-order valence-electron chi connectivity index (χ2n) is 6.65. The van der Waals surface area contributed by atoms with Crippen LogP contribution in [0.15, 0.2) is 59.6 Å². The number of carbonyl (C=O) groups excluding carboxylic acids is 1. The van der Waals surface area contributed by atoms with Crippen LogP contribution in [0, 0.1) is 0 Å². The monoisotopic (exact) mass is 503 g/mol. The highest BCUT2D eigenvalue weighted by Gasteiger charge is 2.31. The normalized spacial score (nSPS) is 11.9. The third-order valence-electron chi connectivity index (χ3n) is 4.34. The Bertz CT molecular complexity index is 1280. The van der Waals surface area contributed by atoms with Gasteiger partial charge in [0.1, 0.15) is 5.15 Å². The Kier molecular flexibility index (Phi) is 6.80. The largest absolute Gasteiger partial charge is 0.416 e. The van der Waals surface area contributed by atoms with Crippen molar-refractivity contribution in [3.05, 3.63) is 76.0 Å². The molecule has 12 heteroatoms. The van der Waals surface area contributed by atoms with Gasteiger partial charge < -0.3 is 5.32 Å². The molecule has 1 heterocycles. The van der Waals surface area contributed by atoms with E-state index >= 15 is 0 Å². The fourth-order valence-electron chi connectivity index (χ4n) is 2.85. The van der Waals surface area contributed by atoms with Gasteiger partial charge in [-0.05, 0) is 42.0 Å². The van der Waals surface area contributed by atoms with Crippen LogP contribution in [-0.4, -0.2) is 19.3 Å². The number of carbonyl (C=O) groups is 1. The van der Waals surface area contributed by atoms with E-state index in [1.807, 2.05) is 0 Å². The van der Waals surface area contributed by atoms with Crippen LogP contribution in [0.3, 0.4) is 0 Å². The zero-order valence-electron chi connectivity index (χ0n) is 16.0. The van der Waals surface area contributed by atoms with E-state index in [0.717, 1.165) is 18.2 Å². The number of halogens is 5. The van der Waals surface area contributed by atoms with Crippen LogP contribution in [0.2, 0.25) is 10.2 Å². The molecule has 6 nitrogen and oxygen atoms in total. The molecule has 0 unspecified atom stereocenters. The van der Waals surface area contributed by atoms with Crippen LogP contribution in [0.25, 0.3) is 11.1 Å². The first-order valence-corrected chi connectivity index (χ1v) is 11.1. The Balaban J connectivity index is 1.85.